The molecule has 1 heterocycles. The highest BCUT2D eigenvalue weighted by Gasteiger charge is 2.20. The van der Waals surface area contributed by atoms with Crippen molar-refractivity contribution in [2.75, 3.05) is 13.1 Å². The molecule has 1 fully saturated rings. The lowest BCUT2D eigenvalue weighted by Crippen LogP contribution is -2.20. The van der Waals surface area contributed by atoms with Gasteiger partial charge < -0.3 is 10.1 Å². The Morgan fingerprint density at radius 2 is 2.06 bits per heavy atom. The molecule has 3 nitrogen and oxygen atoms in total. The van der Waals surface area contributed by atoms with Crippen molar-refractivity contribution in [3.8, 4) is 11.8 Å². The van der Waals surface area contributed by atoms with Crippen LogP contribution in [0.3, 0.4) is 0 Å². The Hall–Kier alpha value is -1.67. The molecule has 0 spiro atoms. The van der Waals surface area contributed by atoms with Crippen LogP contribution < -0.4 is 10.1 Å². The molecule has 0 aliphatic carbocycles. The monoisotopic (exact) mass is 224 g/mol. The van der Waals surface area contributed by atoms with Gasteiger partial charge in [-0.1, -0.05) is 0 Å². The summed E-state index contributed by atoms with van der Waals surface area (Å²) < 4.78 is 32.0. The van der Waals surface area contributed by atoms with Crippen LogP contribution in [0.5, 0.6) is 5.75 Å². The van der Waals surface area contributed by atoms with Crippen molar-refractivity contribution in [2.45, 2.75) is 12.5 Å². The summed E-state index contributed by atoms with van der Waals surface area (Å²) in [6, 6.07) is 3.63. The summed E-state index contributed by atoms with van der Waals surface area (Å²) in [5.74, 6) is -2.06. The highest BCUT2D eigenvalue weighted by atomic mass is 19.1. The average molecular weight is 224 g/mol. The Morgan fingerprint density at radius 3 is 2.56 bits per heavy atom. The van der Waals surface area contributed by atoms with Gasteiger partial charge in [0.2, 0.25) is 0 Å². The van der Waals surface area contributed by atoms with Crippen LogP contribution in [0, 0.1) is 23.0 Å². The molecule has 1 N–H and O–H groups in total. The predicted molar refractivity (Wildman–Crippen MR) is 53.0 cm³/mol. The standard InChI is InChI=1S/C11H10F2N2O/c12-9-3-7(5-14)4-10(13)11(9)16-8-1-2-15-6-8/h3-4,8,15H,1-2,6H2. The molecule has 0 aromatic heterocycles. The van der Waals surface area contributed by atoms with E-state index >= 15 is 0 Å². The number of ether oxygens (including phenoxy) is 1. The topological polar surface area (TPSA) is 45.0 Å². The van der Waals surface area contributed by atoms with Crippen molar-refractivity contribution in [1.82, 2.24) is 5.32 Å². The fourth-order valence-electron chi connectivity index (χ4n) is 1.63. The first kappa shape index (κ1) is 10.8. The second-order valence-corrected chi connectivity index (χ2v) is 3.61. The first-order valence-corrected chi connectivity index (χ1v) is 4.97. The van der Waals surface area contributed by atoms with Gasteiger partial charge in [0.1, 0.15) is 6.10 Å². The van der Waals surface area contributed by atoms with Crippen LogP contribution in [0.4, 0.5) is 8.78 Å². The third-order valence-electron chi connectivity index (χ3n) is 2.43. The number of nitrogens with one attached hydrogen (secondary N) is 1. The Balaban J connectivity index is 2.23. The van der Waals surface area contributed by atoms with Crippen LogP contribution in [-0.2, 0) is 0 Å². The number of benzene rings is 1. The van der Waals surface area contributed by atoms with Crippen molar-refractivity contribution >= 4 is 0 Å². The molecule has 16 heavy (non-hydrogen) atoms. The maximum absolute atomic E-state index is 13.4. The molecule has 1 saturated heterocycles. The van der Waals surface area contributed by atoms with Gasteiger partial charge in [0.25, 0.3) is 0 Å². The van der Waals surface area contributed by atoms with Gasteiger partial charge in [-0.05, 0) is 25.1 Å². The third kappa shape index (κ3) is 2.12. The van der Waals surface area contributed by atoms with Crippen molar-refractivity contribution in [1.29, 1.82) is 5.26 Å². The van der Waals surface area contributed by atoms with Crippen molar-refractivity contribution in [3.63, 3.8) is 0 Å². The largest absolute Gasteiger partial charge is 0.483 e. The van der Waals surface area contributed by atoms with Crippen LogP contribution in [-0.4, -0.2) is 19.2 Å². The number of halogens is 2. The molecule has 1 aliphatic rings. The van der Waals surface area contributed by atoms with E-state index in [0.717, 1.165) is 25.1 Å². The van der Waals surface area contributed by atoms with E-state index in [1.54, 1.807) is 6.07 Å². The maximum atomic E-state index is 13.4. The van der Waals surface area contributed by atoms with Crippen LogP contribution >= 0.6 is 0 Å². The summed E-state index contributed by atoms with van der Waals surface area (Å²) >= 11 is 0. The Morgan fingerprint density at radius 1 is 1.38 bits per heavy atom. The number of hydrogen-bond donors (Lipinski definition) is 1. The van der Waals surface area contributed by atoms with Crippen molar-refractivity contribution < 1.29 is 13.5 Å². The molecule has 2 rings (SSSR count). The van der Waals surface area contributed by atoms with Crippen LogP contribution in [0.15, 0.2) is 12.1 Å². The minimum Gasteiger partial charge on any atom is -0.483 e. The Labute approximate surface area is 91.6 Å². The fraction of sp³-hybridized carbons (Fsp3) is 0.364. The zero-order valence-electron chi connectivity index (χ0n) is 8.46. The molecule has 0 saturated carbocycles. The van der Waals surface area contributed by atoms with E-state index in [-0.39, 0.29) is 11.7 Å². The highest BCUT2D eigenvalue weighted by Crippen LogP contribution is 2.25. The van der Waals surface area contributed by atoms with Gasteiger partial charge in [-0.3, -0.25) is 0 Å². The quantitative estimate of drug-likeness (QED) is 0.829. The number of nitriles is 1. The number of nitrogens with zero attached hydrogens (tertiary/aromatic N) is 1. The van der Waals surface area contributed by atoms with Crippen molar-refractivity contribution in [3.05, 3.63) is 29.3 Å². The van der Waals surface area contributed by atoms with Gasteiger partial charge in [0.05, 0.1) is 11.6 Å². The summed E-state index contributed by atoms with van der Waals surface area (Å²) in [6.07, 6.45) is 0.510. The molecule has 1 aromatic rings. The van der Waals surface area contributed by atoms with Crippen molar-refractivity contribution in [2.24, 2.45) is 0 Å². The lowest BCUT2D eigenvalue weighted by molar-refractivity contribution is 0.202. The van der Waals surface area contributed by atoms with E-state index in [4.69, 9.17) is 10.00 Å². The molecular formula is C11H10F2N2O. The molecule has 0 bridgehead atoms. The van der Waals surface area contributed by atoms with E-state index in [0.29, 0.717) is 6.54 Å². The summed E-state index contributed by atoms with van der Waals surface area (Å²) in [5.41, 5.74) is -0.0492. The molecule has 1 aliphatic heterocycles. The van der Waals surface area contributed by atoms with Gasteiger partial charge >= 0.3 is 0 Å². The van der Waals surface area contributed by atoms with Crippen LogP contribution in [0.1, 0.15) is 12.0 Å². The summed E-state index contributed by atoms with van der Waals surface area (Å²) in [6.45, 7) is 1.36. The Bertz CT molecular complexity index is 413. The van der Waals surface area contributed by atoms with Gasteiger partial charge in [-0.2, -0.15) is 5.26 Å². The lowest BCUT2D eigenvalue weighted by Gasteiger charge is -2.13. The number of hydrogen-bond acceptors (Lipinski definition) is 3. The zero-order chi connectivity index (χ0) is 11.5. The van der Waals surface area contributed by atoms with E-state index in [1.807, 2.05) is 0 Å². The minimum absolute atomic E-state index is 0.0492. The maximum Gasteiger partial charge on any atom is 0.191 e. The van der Waals surface area contributed by atoms with Gasteiger partial charge in [0.15, 0.2) is 17.4 Å². The smallest absolute Gasteiger partial charge is 0.191 e. The predicted octanol–water partition coefficient (Wildman–Crippen LogP) is 1.58. The molecule has 84 valence electrons. The molecule has 1 aromatic carbocycles. The lowest BCUT2D eigenvalue weighted by atomic mass is 10.2. The summed E-state index contributed by atoms with van der Waals surface area (Å²) in [5, 5.41) is 11.6. The first-order valence-electron chi connectivity index (χ1n) is 4.97. The van der Waals surface area contributed by atoms with Crippen LogP contribution in [0.2, 0.25) is 0 Å². The average Bonchev–Trinajstić information content (AvgIpc) is 2.75. The molecule has 0 radical (unpaired) electrons. The first-order chi connectivity index (χ1) is 7.70. The zero-order valence-corrected chi connectivity index (χ0v) is 8.46. The normalized spacial score (nSPS) is 19.4. The molecule has 1 atom stereocenters. The van der Waals surface area contributed by atoms with E-state index in [1.165, 1.54) is 0 Å². The van der Waals surface area contributed by atoms with Crippen LogP contribution in [0.25, 0.3) is 0 Å². The van der Waals surface area contributed by atoms with Gasteiger partial charge in [-0.25, -0.2) is 8.78 Å². The molecule has 1 unspecified atom stereocenters. The van der Waals surface area contributed by atoms with E-state index < -0.39 is 17.4 Å². The van der Waals surface area contributed by atoms with Gasteiger partial charge in [-0.15, -0.1) is 0 Å². The highest BCUT2D eigenvalue weighted by molar-refractivity contribution is 5.37. The number of rotatable bonds is 2. The minimum atomic E-state index is -0.830. The second-order valence-electron chi connectivity index (χ2n) is 3.61. The molecular weight excluding hydrogens is 214 g/mol. The van der Waals surface area contributed by atoms with Gasteiger partial charge in [0, 0.05) is 6.54 Å². The molecule has 5 heteroatoms. The van der Waals surface area contributed by atoms with E-state index in [2.05, 4.69) is 5.32 Å². The Kier molecular flexibility index (Phi) is 3.02. The third-order valence-corrected chi connectivity index (χ3v) is 2.43. The summed E-state index contributed by atoms with van der Waals surface area (Å²) in [7, 11) is 0. The molecule has 0 amide bonds. The second kappa shape index (κ2) is 4.45. The summed E-state index contributed by atoms with van der Waals surface area (Å²) in [4.78, 5) is 0. The fourth-order valence-corrected chi connectivity index (χ4v) is 1.63. The SMILES string of the molecule is N#Cc1cc(F)c(OC2CCNC2)c(F)c1. The van der Waals surface area contributed by atoms with E-state index in [9.17, 15) is 8.78 Å².